The van der Waals surface area contributed by atoms with E-state index in [0.29, 0.717) is 5.75 Å². The van der Waals surface area contributed by atoms with E-state index in [-0.39, 0.29) is 10.8 Å². The van der Waals surface area contributed by atoms with E-state index >= 15 is 0 Å². The molecule has 0 bridgehead atoms. The molecular formula is C11H13BrO3S. The van der Waals surface area contributed by atoms with E-state index in [1.54, 1.807) is 18.9 Å². The zero-order valence-electron chi connectivity index (χ0n) is 9.10. The Balaban J connectivity index is 2.45. The SMILES string of the molecule is COC(=O)C(Br)CSc1ccc(OC)cc1. The molecule has 0 radical (unpaired) electrons. The number of rotatable bonds is 5. The Bertz CT molecular complexity index is 340. The van der Waals surface area contributed by atoms with Crippen molar-refractivity contribution in [2.75, 3.05) is 20.0 Å². The van der Waals surface area contributed by atoms with Crippen LogP contribution < -0.4 is 4.74 Å². The van der Waals surface area contributed by atoms with Crippen molar-refractivity contribution in [3.05, 3.63) is 24.3 Å². The van der Waals surface area contributed by atoms with Gasteiger partial charge < -0.3 is 9.47 Å². The number of hydrogen-bond acceptors (Lipinski definition) is 4. The minimum Gasteiger partial charge on any atom is -0.497 e. The van der Waals surface area contributed by atoms with Crippen molar-refractivity contribution in [3.8, 4) is 5.75 Å². The molecule has 0 spiro atoms. The minimum atomic E-state index is -0.274. The van der Waals surface area contributed by atoms with Gasteiger partial charge in [-0.3, -0.25) is 4.79 Å². The fourth-order valence-corrected chi connectivity index (χ4v) is 2.42. The Morgan fingerprint density at radius 2 is 2.00 bits per heavy atom. The smallest absolute Gasteiger partial charge is 0.320 e. The number of hydrogen-bond donors (Lipinski definition) is 0. The van der Waals surface area contributed by atoms with Crippen molar-refractivity contribution in [2.45, 2.75) is 9.72 Å². The lowest BCUT2D eigenvalue weighted by molar-refractivity contribution is -0.139. The number of alkyl halides is 1. The summed E-state index contributed by atoms with van der Waals surface area (Å²) in [5.74, 6) is 1.22. The van der Waals surface area contributed by atoms with E-state index in [1.807, 2.05) is 24.3 Å². The van der Waals surface area contributed by atoms with E-state index in [0.717, 1.165) is 10.6 Å². The van der Waals surface area contributed by atoms with Crippen LogP contribution in [0.4, 0.5) is 0 Å². The van der Waals surface area contributed by atoms with Crippen molar-refractivity contribution < 1.29 is 14.3 Å². The Hall–Kier alpha value is -0.680. The number of ether oxygens (including phenoxy) is 2. The molecule has 0 amide bonds. The highest BCUT2D eigenvalue weighted by Crippen LogP contribution is 2.23. The zero-order valence-corrected chi connectivity index (χ0v) is 11.5. The normalized spacial score (nSPS) is 11.9. The fraction of sp³-hybridized carbons (Fsp3) is 0.364. The second-order valence-corrected chi connectivity index (χ2v) is 5.18. The average molecular weight is 305 g/mol. The molecule has 3 nitrogen and oxygen atoms in total. The summed E-state index contributed by atoms with van der Waals surface area (Å²) >= 11 is 4.86. The number of benzene rings is 1. The minimum absolute atomic E-state index is 0.249. The van der Waals surface area contributed by atoms with Gasteiger partial charge in [0.05, 0.1) is 14.2 Å². The molecule has 0 saturated heterocycles. The Morgan fingerprint density at radius 3 is 2.50 bits per heavy atom. The van der Waals surface area contributed by atoms with Crippen LogP contribution in [0.2, 0.25) is 0 Å². The van der Waals surface area contributed by atoms with Gasteiger partial charge in [-0.1, -0.05) is 15.9 Å². The molecule has 0 aliphatic rings. The van der Waals surface area contributed by atoms with Crippen molar-refractivity contribution >= 4 is 33.7 Å². The van der Waals surface area contributed by atoms with Crippen molar-refractivity contribution in [1.29, 1.82) is 0 Å². The number of methoxy groups -OCH3 is 2. The van der Waals surface area contributed by atoms with Gasteiger partial charge >= 0.3 is 5.97 Å². The molecule has 1 rings (SSSR count). The van der Waals surface area contributed by atoms with Gasteiger partial charge in [0.25, 0.3) is 0 Å². The molecule has 5 heteroatoms. The molecule has 0 fully saturated rings. The second-order valence-electron chi connectivity index (χ2n) is 2.98. The third-order valence-corrected chi connectivity index (χ3v) is 4.14. The number of esters is 1. The zero-order chi connectivity index (χ0) is 12.0. The molecule has 0 heterocycles. The maximum Gasteiger partial charge on any atom is 0.320 e. The molecule has 88 valence electrons. The first-order chi connectivity index (χ1) is 7.67. The van der Waals surface area contributed by atoms with Crippen LogP contribution in [0.3, 0.4) is 0 Å². The third-order valence-electron chi connectivity index (χ3n) is 1.91. The molecule has 1 atom stereocenters. The molecule has 0 aliphatic carbocycles. The molecule has 0 N–H and O–H groups in total. The molecule has 0 saturated carbocycles. The van der Waals surface area contributed by atoms with Crippen LogP contribution in [0, 0.1) is 0 Å². The van der Waals surface area contributed by atoms with Crippen molar-refractivity contribution in [1.82, 2.24) is 0 Å². The molecule has 0 aliphatic heterocycles. The number of carbonyl (C=O) groups is 1. The summed E-state index contributed by atoms with van der Waals surface area (Å²) < 4.78 is 9.68. The largest absolute Gasteiger partial charge is 0.497 e. The van der Waals surface area contributed by atoms with E-state index in [1.165, 1.54) is 7.11 Å². The Kier molecular flexibility index (Phi) is 5.69. The third kappa shape index (κ3) is 4.06. The summed E-state index contributed by atoms with van der Waals surface area (Å²) in [6.07, 6.45) is 0. The van der Waals surface area contributed by atoms with E-state index in [4.69, 9.17) is 4.74 Å². The maximum atomic E-state index is 11.1. The highest BCUT2D eigenvalue weighted by atomic mass is 79.9. The Labute approximate surface area is 108 Å². The van der Waals surface area contributed by atoms with E-state index < -0.39 is 0 Å². The maximum absolute atomic E-state index is 11.1. The first kappa shape index (κ1) is 13.4. The lowest BCUT2D eigenvalue weighted by Gasteiger charge is -2.07. The van der Waals surface area contributed by atoms with Gasteiger partial charge in [0.1, 0.15) is 10.6 Å². The summed E-state index contributed by atoms with van der Waals surface area (Å²) in [6, 6.07) is 7.70. The quantitative estimate of drug-likeness (QED) is 0.476. The monoisotopic (exact) mass is 304 g/mol. The van der Waals surface area contributed by atoms with Gasteiger partial charge in [0.15, 0.2) is 0 Å². The number of carbonyl (C=O) groups excluding carboxylic acids is 1. The molecule has 0 aromatic heterocycles. The average Bonchev–Trinajstić information content (AvgIpc) is 2.35. The van der Waals surface area contributed by atoms with Crippen LogP contribution in [0.1, 0.15) is 0 Å². The second kappa shape index (κ2) is 6.81. The van der Waals surface area contributed by atoms with Crippen LogP contribution in [0.5, 0.6) is 5.75 Å². The van der Waals surface area contributed by atoms with Gasteiger partial charge in [-0.2, -0.15) is 0 Å². The van der Waals surface area contributed by atoms with E-state index in [9.17, 15) is 4.79 Å². The highest BCUT2D eigenvalue weighted by Gasteiger charge is 2.14. The molecule has 1 aromatic carbocycles. The number of thioether (sulfide) groups is 1. The van der Waals surface area contributed by atoms with Crippen molar-refractivity contribution in [2.24, 2.45) is 0 Å². The van der Waals surface area contributed by atoms with Gasteiger partial charge in [0.2, 0.25) is 0 Å². The first-order valence-corrected chi connectivity index (χ1v) is 6.56. The topological polar surface area (TPSA) is 35.5 Å². The van der Waals surface area contributed by atoms with Gasteiger partial charge in [-0.15, -0.1) is 11.8 Å². The number of halogens is 1. The van der Waals surface area contributed by atoms with Gasteiger partial charge in [-0.25, -0.2) is 0 Å². The summed E-state index contributed by atoms with van der Waals surface area (Å²) in [6.45, 7) is 0. The van der Waals surface area contributed by atoms with Crippen molar-refractivity contribution in [3.63, 3.8) is 0 Å². The summed E-state index contributed by atoms with van der Waals surface area (Å²) in [5.41, 5.74) is 0. The molecular weight excluding hydrogens is 292 g/mol. The van der Waals surface area contributed by atoms with Gasteiger partial charge in [0, 0.05) is 10.6 Å². The van der Waals surface area contributed by atoms with Crippen LogP contribution in [0.15, 0.2) is 29.2 Å². The fourth-order valence-electron chi connectivity index (χ4n) is 1.04. The first-order valence-electron chi connectivity index (χ1n) is 4.66. The lowest BCUT2D eigenvalue weighted by Crippen LogP contribution is -2.17. The predicted molar refractivity (Wildman–Crippen MR) is 68.4 cm³/mol. The molecule has 1 unspecified atom stereocenters. The van der Waals surface area contributed by atoms with Crippen LogP contribution in [-0.4, -0.2) is 30.8 Å². The lowest BCUT2D eigenvalue weighted by atomic mass is 10.3. The summed E-state index contributed by atoms with van der Waals surface area (Å²) in [7, 11) is 3.02. The molecule has 1 aromatic rings. The van der Waals surface area contributed by atoms with Crippen LogP contribution in [0.25, 0.3) is 0 Å². The summed E-state index contributed by atoms with van der Waals surface area (Å²) in [4.78, 5) is 11.9. The van der Waals surface area contributed by atoms with Crippen LogP contribution in [-0.2, 0) is 9.53 Å². The van der Waals surface area contributed by atoms with Gasteiger partial charge in [-0.05, 0) is 24.3 Å². The van der Waals surface area contributed by atoms with Crippen LogP contribution >= 0.6 is 27.7 Å². The molecule has 16 heavy (non-hydrogen) atoms. The standard InChI is InChI=1S/C11H13BrO3S/c1-14-8-3-5-9(6-4-8)16-7-10(12)11(13)15-2/h3-6,10H,7H2,1-2H3. The van der Waals surface area contributed by atoms with E-state index in [2.05, 4.69) is 20.7 Å². The highest BCUT2D eigenvalue weighted by molar-refractivity contribution is 9.10. The Morgan fingerprint density at radius 1 is 1.38 bits per heavy atom. The predicted octanol–water partition coefficient (Wildman–Crippen LogP) is 2.72. The summed E-state index contributed by atoms with van der Waals surface area (Å²) in [5, 5.41) is 0.